The van der Waals surface area contributed by atoms with Crippen LogP contribution in [0.15, 0.2) is 0 Å². The highest BCUT2D eigenvalue weighted by Crippen LogP contribution is 2.03. The number of carbonyl (C=O) groups is 1. The van der Waals surface area contributed by atoms with Crippen LogP contribution in [0.25, 0.3) is 0 Å². The molecule has 0 rings (SSSR count). The maximum atomic E-state index is 11.2. The quantitative estimate of drug-likeness (QED) is 0.578. The monoisotopic (exact) mass is 202 g/mol. The third-order valence-corrected chi connectivity index (χ3v) is 2.03. The van der Waals surface area contributed by atoms with Gasteiger partial charge in [0.25, 0.3) is 0 Å². The molecule has 0 spiro atoms. The molecular formula is C10H22N2O2. The molecule has 4 heteroatoms. The second-order valence-electron chi connectivity index (χ2n) is 4.04. The minimum absolute atomic E-state index is 0.185. The van der Waals surface area contributed by atoms with Crippen LogP contribution in [0.4, 0.5) is 0 Å². The number of amides is 1. The zero-order valence-corrected chi connectivity index (χ0v) is 9.29. The molecule has 4 nitrogen and oxygen atoms in total. The average molecular weight is 202 g/mol. The van der Waals surface area contributed by atoms with Crippen LogP contribution >= 0.6 is 0 Å². The fraction of sp³-hybridized carbons (Fsp3) is 0.900. The molecule has 4 N–H and O–H groups in total. The molecule has 0 aliphatic rings. The zero-order valence-electron chi connectivity index (χ0n) is 9.29. The number of nitrogens with one attached hydrogen (secondary N) is 1. The van der Waals surface area contributed by atoms with Crippen molar-refractivity contribution in [3.05, 3.63) is 0 Å². The van der Waals surface area contributed by atoms with Crippen LogP contribution in [0.3, 0.4) is 0 Å². The molecule has 0 fully saturated rings. The van der Waals surface area contributed by atoms with Gasteiger partial charge in [0.2, 0.25) is 5.91 Å². The number of aliphatic hydroxyl groups is 1. The van der Waals surface area contributed by atoms with Gasteiger partial charge in [0.15, 0.2) is 0 Å². The van der Waals surface area contributed by atoms with Crippen molar-refractivity contribution in [3.8, 4) is 0 Å². The van der Waals surface area contributed by atoms with E-state index in [2.05, 4.69) is 5.32 Å². The molecule has 0 aliphatic heterocycles. The Labute approximate surface area is 85.9 Å². The Hall–Kier alpha value is -0.610. The van der Waals surface area contributed by atoms with Gasteiger partial charge in [-0.25, -0.2) is 0 Å². The molecule has 0 aromatic carbocycles. The summed E-state index contributed by atoms with van der Waals surface area (Å²) in [5, 5.41) is 12.1. The minimum atomic E-state index is -0.469. The van der Waals surface area contributed by atoms with Crippen molar-refractivity contribution in [1.29, 1.82) is 0 Å². The van der Waals surface area contributed by atoms with E-state index in [4.69, 9.17) is 5.73 Å². The number of hydrogen-bond acceptors (Lipinski definition) is 3. The number of rotatable bonds is 6. The van der Waals surface area contributed by atoms with Crippen molar-refractivity contribution < 1.29 is 9.90 Å². The summed E-state index contributed by atoms with van der Waals surface area (Å²) < 4.78 is 0. The van der Waals surface area contributed by atoms with Gasteiger partial charge in [-0.1, -0.05) is 20.8 Å². The van der Waals surface area contributed by atoms with Crippen molar-refractivity contribution in [2.24, 2.45) is 11.7 Å². The topological polar surface area (TPSA) is 75.4 Å². The molecule has 0 aromatic rings. The first kappa shape index (κ1) is 13.4. The Morgan fingerprint density at radius 2 is 2.07 bits per heavy atom. The molecule has 84 valence electrons. The number of carbonyl (C=O) groups excluding carboxylic acids is 1. The lowest BCUT2D eigenvalue weighted by Crippen LogP contribution is -2.43. The van der Waals surface area contributed by atoms with Crippen molar-refractivity contribution in [2.45, 2.75) is 45.8 Å². The van der Waals surface area contributed by atoms with Crippen LogP contribution in [0.2, 0.25) is 0 Å². The fourth-order valence-electron chi connectivity index (χ4n) is 1.16. The first-order chi connectivity index (χ1) is 6.47. The summed E-state index contributed by atoms with van der Waals surface area (Å²) in [4.78, 5) is 11.2. The maximum absolute atomic E-state index is 11.2. The molecule has 0 saturated heterocycles. The van der Waals surface area contributed by atoms with Crippen molar-refractivity contribution in [2.75, 3.05) is 6.54 Å². The summed E-state index contributed by atoms with van der Waals surface area (Å²) in [6, 6.07) is -0.457. The van der Waals surface area contributed by atoms with Gasteiger partial charge in [0.1, 0.15) is 0 Å². The highest BCUT2D eigenvalue weighted by molar-refractivity contribution is 5.81. The zero-order chi connectivity index (χ0) is 11.1. The third kappa shape index (κ3) is 5.94. The molecule has 2 atom stereocenters. The lowest BCUT2D eigenvalue weighted by atomic mass is 10.1. The second-order valence-corrected chi connectivity index (χ2v) is 4.04. The largest absolute Gasteiger partial charge is 0.391 e. The summed E-state index contributed by atoms with van der Waals surface area (Å²) in [5.41, 5.74) is 5.51. The maximum Gasteiger partial charge on any atom is 0.236 e. The summed E-state index contributed by atoms with van der Waals surface area (Å²) in [5.74, 6) is 0.247. The van der Waals surface area contributed by atoms with Gasteiger partial charge in [-0.15, -0.1) is 0 Å². The highest BCUT2D eigenvalue weighted by Gasteiger charge is 2.13. The van der Waals surface area contributed by atoms with Crippen LogP contribution in [0, 0.1) is 5.92 Å². The van der Waals surface area contributed by atoms with Crippen LogP contribution in [0.5, 0.6) is 0 Å². The number of aliphatic hydroxyl groups excluding tert-OH is 1. The van der Waals surface area contributed by atoms with Gasteiger partial charge < -0.3 is 16.2 Å². The summed E-state index contributed by atoms with van der Waals surface area (Å²) in [6.07, 6.45) is 0.844. The summed E-state index contributed by atoms with van der Waals surface area (Å²) >= 11 is 0. The lowest BCUT2D eigenvalue weighted by molar-refractivity contribution is -0.122. The molecule has 1 unspecified atom stereocenters. The molecule has 14 heavy (non-hydrogen) atoms. The van der Waals surface area contributed by atoms with Crippen LogP contribution in [-0.2, 0) is 4.79 Å². The van der Waals surface area contributed by atoms with Crippen molar-refractivity contribution in [1.82, 2.24) is 5.32 Å². The van der Waals surface area contributed by atoms with Crippen molar-refractivity contribution >= 4 is 5.91 Å². The number of hydrogen-bond donors (Lipinski definition) is 3. The molecule has 0 saturated carbocycles. The van der Waals surface area contributed by atoms with E-state index in [1.54, 1.807) is 0 Å². The van der Waals surface area contributed by atoms with Gasteiger partial charge in [-0.2, -0.15) is 0 Å². The SMILES string of the molecule is CC[C@H](N)C(=O)NCC(O)CC(C)C. The van der Waals surface area contributed by atoms with Gasteiger partial charge >= 0.3 is 0 Å². The average Bonchev–Trinajstić information content (AvgIpc) is 2.11. The molecule has 0 radical (unpaired) electrons. The Balaban J connectivity index is 3.66. The van der Waals surface area contributed by atoms with Crippen LogP contribution < -0.4 is 11.1 Å². The van der Waals surface area contributed by atoms with Gasteiger partial charge in [-0.05, 0) is 18.8 Å². The highest BCUT2D eigenvalue weighted by atomic mass is 16.3. The Morgan fingerprint density at radius 3 is 2.50 bits per heavy atom. The molecule has 0 bridgehead atoms. The normalized spacial score (nSPS) is 15.3. The summed E-state index contributed by atoms with van der Waals surface area (Å²) in [6.45, 7) is 6.21. The standard InChI is InChI=1S/C10H22N2O2/c1-4-9(11)10(14)12-6-8(13)5-7(2)3/h7-9,13H,4-6,11H2,1-3H3,(H,12,14)/t8?,9-/m0/s1. The molecule has 0 aromatic heterocycles. The van der Waals surface area contributed by atoms with E-state index in [1.165, 1.54) is 0 Å². The number of nitrogens with two attached hydrogens (primary N) is 1. The van der Waals surface area contributed by atoms with E-state index < -0.39 is 12.1 Å². The second kappa shape index (κ2) is 6.79. The van der Waals surface area contributed by atoms with E-state index in [9.17, 15) is 9.90 Å². The fourth-order valence-corrected chi connectivity index (χ4v) is 1.16. The first-order valence-corrected chi connectivity index (χ1v) is 5.18. The Morgan fingerprint density at radius 1 is 1.50 bits per heavy atom. The third-order valence-electron chi connectivity index (χ3n) is 2.03. The molecule has 1 amide bonds. The van der Waals surface area contributed by atoms with E-state index >= 15 is 0 Å². The van der Waals surface area contributed by atoms with E-state index in [1.807, 2.05) is 20.8 Å². The smallest absolute Gasteiger partial charge is 0.236 e. The molecule has 0 aliphatic carbocycles. The van der Waals surface area contributed by atoms with E-state index in [0.717, 1.165) is 0 Å². The van der Waals surface area contributed by atoms with E-state index in [-0.39, 0.29) is 5.91 Å². The Bertz CT molecular complexity index is 172. The van der Waals surface area contributed by atoms with Gasteiger partial charge in [0, 0.05) is 6.54 Å². The predicted octanol–water partition coefficient (Wildman–Crippen LogP) is 0.247. The molecular weight excluding hydrogens is 180 g/mol. The van der Waals surface area contributed by atoms with Gasteiger partial charge in [-0.3, -0.25) is 4.79 Å². The lowest BCUT2D eigenvalue weighted by Gasteiger charge is -2.15. The van der Waals surface area contributed by atoms with Gasteiger partial charge in [0.05, 0.1) is 12.1 Å². The Kier molecular flexibility index (Phi) is 6.49. The molecule has 0 heterocycles. The van der Waals surface area contributed by atoms with Crippen LogP contribution in [0.1, 0.15) is 33.6 Å². The van der Waals surface area contributed by atoms with Crippen LogP contribution in [-0.4, -0.2) is 29.7 Å². The predicted molar refractivity (Wildman–Crippen MR) is 56.7 cm³/mol. The van der Waals surface area contributed by atoms with E-state index in [0.29, 0.717) is 25.3 Å². The minimum Gasteiger partial charge on any atom is -0.391 e. The van der Waals surface area contributed by atoms with Crippen molar-refractivity contribution in [3.63, 3.8) is 0 Å². The summed E-state index contributed by atoms with van der Waals surface area (Å²) in [7, 11) is 0. The first-order valence-electron chi connectivity index (χ1n) is 5.18.